The normalized spacial score (nSPS) is 11.5. The Labute approximate surface area is 184 Å². The van der Waals surface area contributed by atoms with Crippen LogP contribution >= 0.6 is 11.6 Å². The van der Waals surface area contributed by atoms with Gasteiger partial charge in [-0.25, -0.2) is 8.42 Å². The summed E-state index contributed by atoms with van der Waals surface area (Å²) in [7, 11) is -3.79. The summed E-state index contributed by atoms with van der Waals surface area (Å²) in [4.78, 5) is 12.5. The van der Waals surface area contributed by atoms with Crippen LogP contribution in [-0.4, -0.2) is 38.3 Å². The van der Waals surface area contributed by atoms with Crippen molar-refractivity contribution < 1.29 is 17.9 Å². The van der Waals surface area contributed by atoms with Crippen molar-refractivity contribution in [1.29, 1.82) is 0 Å². The maximum atomic E-state index is 13.0. The van der Waals surface area contributed by atoms with E-state index in [2.05, 4.69) is 5.32 Å². The van der Waals surface area contributed by atoms with E-state index in [0.717, 1.165) is 29.7 Å². The maximum Gasteiger partial charge on any atom is 0.262 e. The molecule has 0 saturated carbocycles. The van der Waals surface area contributed by atoms with E-state index in [1.165, 1.54) is 22.5 Å². The zero-order valence-electron chi connectivity index (χ0n) is 17.9. The molecule has 0 aromatic heterocycles. The molecule has 0 aliphatic rings. The monoisotopic (exact) mass is 452 g/mol. The van der Waals surface area contributed by atoms with Gasteiger partial charge < -0.3 is 10.1 Å². The number of anilines is 1. The summed E-state index contributed by atoms with van der Waals surface area (Å²) in [6, 6.07) is 10.3. The maximum absolute atomic E-state index is 13.0. The van der Waals surface area contributed by atoms with Crippen LogP contribution in [0.25, 0.3) is 0 Å². The van der Waals surface area contributed by atoms with Gasteiger partial charge in [-0.2, -0.15) is 4.31 Å². The van der Waals surface area contributed by atoms with E-state index in [1.54, 1.807) is 13.8 Å². The highest BCUT2D eigenvalue weighted by Gasteiger charge is 2.26. The number of hydrogen-bond donors (Lipinski definition) is 1. The Morgan fingerprint density at radius 2 is 1.63 bits per heavy atom. The summed E-state index contributed by atoms with van der Waals surface area (Å²) in [6.07, 6.45) is 1.57. The Morgan fingerprint density at radius 3 is 2.17 bits per heavy atom. The van der Waals surface area contributed by atoms with Gasteiger partial charge in [-0.3, -0.25) is 4.79 Å². The highest BCUT2D eigenvalue weighted by molar-refractivity contribution is 7.89. The number of benzene rings is 2. The summed E-state index contributed by atoms with van der Waals surface area (Å²) in [5.41, 5.74) is 2.88. The summed E-state index contributed by atoms with van der Waals surface area (Å²) in [5, 5.41) is 3.20. The molecule has 0 spiro atoms. The topological polar surface area (TPSA) is 75.7 Å². The molecular weight excluding hydrogens is 424 g/mol. The number of para-hydroxylation sites is 1. The number of rotatable bonds is 10. The second-order valence-electron chi connectivity index (χ2n) is 6.68. The largest absolute Gasteiger partial charge is 0.482 e. The number of amides is 1. The number of sulfonamides is 1. The average Bonchev–Trinajstić information content (AvgIpc) is 2.73. The number of carbonyl (C=O) groups excluding carboxylic acids is 1. The first-order valence-corrected chi connectivity index (χ1v) is 11.9. The number of nitrogens with zero attached hydrogens (tertiary/aromatic N) is 1. The highest BCUT2D eigenvalue weighted by Crippen LogP contribution is 2.30. The van der Waals surface area contributed by atoms with Crippen molar-refractivity contribution in [2.24, 2.45) is 0 Å². The van der Waals surface area contributed by atoms with Gasteiger partial charge in [0.25, 0.3) is 5.91 Å². The lowest BCUT2D eigenvalue weighted by molar-refractivity contribution is -0.118. The zero-order chi connectivity index (χ0) is 22.3. The van der Waals surface area contributed by atoms with Gasteiger partial charge in [0.15, 0.2) is 6.61 Å². The smallest absolute Gasteiger partial charge is 0.262 e. The molecule has 30 heavy (non-hydrogen) atoms. The molecule has 1 amide bonds. The van der Waals surface area contributed by atoms with Crippen LogP contribution in [0.1, 0.15) is 38.8 Å². The lowest BCUT2D eigenvalue weighted by Crippen LogP contribution is -2.31. The molecule has 164 valence electrons. The molecule has 0 saturated heterocycles. The Bertz CT molecular complexity index is 966. The van der Waals surface area contributed by atoms with Gasteiger partial charge in [0, 0.05) is 23.8 Å². The highest BCUT2D eigenvalue weighted by atomic mass is 35.5. The fraction of sp³-hybridized carbons (Fsp3) is 0.409. The van der Waals surface area contributed by atoms with Crippen LogP contribution in [0.15, 0.2) is 41.3 Å². The van der Waals surface area contributed by atoms with Gasteiger partial charge in [-0.05, 0) is 42.2 Å². The summed E-state index contributed by atoms with van der Waals surface area (Å²) in [5.74, 6) is -0.257. The van der Waals surface area contributed by atoms with Crippen molar-refractivity contribution in [1.82, 2.24) is 4.31 Å². The van der Waals surface area contributed by atoms with Gasteiger partial charge in [0.2, 0.25) is 10.0 Å². The van der Waals surface area contributed by atoms with Crippen molar-refractivity contribution in [3.63, 3.8) is 0 Å². The Hall–Kier alpha value is -2.09. The SMILES string of the molecule is CCc1cccc(CC)c1NC(=O)COc1ccc(Cl)cc1S(=O)(=O)N(CC)CC. The van der Waals surface area contributed by atoms with Crippen LogP contribution in [0.2, 0.25) is 5.02 Å². The molecule has 0 radical (unpaired) electrons. The Morgan fingerprint density at radius 1 is 1.03 bits per heavy atom. The third kappa shape index (κ3) is 5.53. The lowest BCUT2D eigenvalue weighted by atomic mass is 10.0. The molecule has 2 rings (SSSR count). The summed E-state index contributed by atoms with van der Waals surface area (Å²) < 4.78 is 32.9. The van der Waals surface area contributed by atoms with Crippen LogP contribution in [-0.2, 0) is 27.7 Å². The van der Waals surface area contributed by atoms with Gasteiger partial charge in [-0.1, -0.05) is 57.5 Å². The van der Waals surface area contributed by atoms with E-state index in [9.17, 15) is 13.2 Å². The number of nitrogens with one attached hydrogen (secondary N) is 1. The van der Waals surface area contributed by atoms with E-state index in [-0.39, 0.29) is 28.2 Å². The fourth-order valence-electron chi connectivity index (χ4n) is 3.23. The fourth-order valence-corrected chi connectivity index (χ4v) is 5.08. The van der Waals surface area contributed by atoms with E-state index in [4.69, 9.17) is 16.3 Å². The van der Waals surface area contributed by atoms with Crippen molar-refractivity contribution in [3.05, 3.63) is 52.5 Å². The third-order valence-electron chi connectivity index (χ3n) is 4.85. The van der Waals surface area contributed by atoms with E-state index in [0.29, 0.717) is 13.1 Å². The first-order chi connectivity index (χ1) is 14.3. The molecule has 0 aliphatic carbocycles. The van der Waals surface area contributed by atoms with E-state index in [1.807, 2.05) is 32.0 Å². The second kappa shape index (κ2) is 10.8. The summed E-state index contributed by atoms with van der Waals surface area (Å²) in [6.45, 7) is 7.89. The number of hydrogen-bond acceptors (Lipinski definition) is 4. The van der Waals surface area contributed by atoms with E-state index < -0.39 is 10.0 Å². The first kappa shape index (κ1) is 24.2. The molecule has 1 N–H and O–H groups in total. The minimum Gasteiger partial charge on any atom is -0.482 e. The zero-order valence-corrected chi connectivity index (χ0v) is 19.4. The Kier molecular flexibility index (Phi) is 8.70. The van der Waals surface area contributed by atoms with Crippen molar-refractivity contribution in [2.75, 3.05) is 25.0 Å². The van der Waals surface area contributed by atoms with Gasteiger partial charge >= 0.3 is 0 Å². The van der Waals surface area contributed by atoms with Crippen LogP contribution in [0.4, 0.5) is 5.69 Å². The molecule has 2 aromatic rings. The van der Waals surface area contributed by atoms with Crippen molar-refractivity contribution >= 4 is 33.2 Å². The number of aryl methyl sites for hydroxylation is 2. The van der Waals surface area contributed by atoms with Crippen molar-refractivity contribution in [2.45, 2.75) is 45.4 Å². The third-order valence-corrected chi connectivity index (χ3v) is 7.16. The first-order valence-electron chi connectivity index (χ1n) is 10.1. The predicted octanol–water partition coefficient (Wildman–Crippen LogP) is 4.51. The number of halogens is 1. The van der Waals surface area contributed by atoms with Gasteiger partial charge in [-0.15, -0.1) is 0 Å². The number of carbonyl (C=O) groups is 1. The molecule has 6 nitrogen and oxygen atoms in total. The molecule has 2 aromatic carbocycles. The average molecular weight is 453 g/mol. The quantitative estimate of drug-likeness (QED) is 0.575. The van der Waals surface area contributed by atoms with Crippen molar-refractivity contribution in [3.8, 4) is 5.75 Å². The lowest BCUT2D eigenvalue weighted by Gasteiger charge is -2.21. The van der Waals surface area contributed by atoms with Gasteiger partial charge in [0.1, 0.15) is 10.6 Å². The van der Waals surface area contributed by atoms with Gasteiger partial charge in [0.05, 0.1) is 0 Å². The van der Waals surface area contributed by atoms with Crippen LogP contribution < -0.4 is 10.1 Å². The standard InChI is InChI=1S/C22H29ClN2O4S/c1-5-16-10-9-11-17(6-2)22(16)24-21(26)15-29-19-13-12-18(23)14-20(19)30(27,28)25(7-3)8-4/h9-14H,5-8,15H2,1-4H3,(H,24,26). The minimum absolute atomic E-state index is 0.0466. The molecule has 0 heterocycles. The van der Waals surface area contributed by atoms with Crippen LogP contribution in [0, 0.1) is 0 Å². The molecule has 8 heteroatoms. The molecule has 0 aliphatic heterocycles. The number of ether oxygens (including phenoxy) is 1. The van der Waals surface area contributed by atoms with E-state index >= 15 is 0 Å². The molecule has 0 unspecified atom stereocenters. The minimum atomic E-state index is -3.79. The summed E-state index contributed by atoms with van der Waals surface area (Å²) >= 11 is 6.03. The van der Waals surface area contributed by atoms with Crippen LogP contribution in [0.5, 0.6) is 5.75 Å². The van der Waals surface area contributed by atoms with Crippen LogP contribution in [0.3, 0.4) is 0 Å². The Balaban J connectivity index is 2.24. The second-order valence-corrected chi connectivity index (χ2v) is 9.02. The molecule has 0 atom stereocenters. The molecular formula is C22H29ClN2O4S. The molecule has 0 bridgehead atoms. The molecule has 0 fully saturated rings. The predicted molar refractivity (Wildman–Crippen MR) is 121 cm³/mol.